The Labute approximate surface area is 162 Å². The van der Waals surface area contributed by atoms with Crippen LogP contribution in [0, 0.1) is 5.82 Å². The lowest BCUT2D eigenvalue weighted by atomic mass is 10.2. The van der Waals surface area contributed by atoms with Crippen molar-refractivity contribution in [1.29, 1.82) is 0 Å². The molecule has 1 aromatic carbocycles. The Kier molecular flexibility index (Phi) is 6.91. The van der Waals surface area contributed by atoms with Gasteiger partial charge in [0.1, 0.15) is 23.9 Å². The Bertz CT molecular complexity index is 820. The summed E-state index contributed by atoms with van der Waals surface area (Å²) in [5, 5.41) is 4.15. The van der Waals surface area contributed by atoms with Crippen LogP contribution in [-0.4, -0.2) is 43.3 Å². The van der Waals surface area contributed by atoms with Crippen LogP contribution in [-0.2, 0) is 14.3 Å². The van der Waals surface area contributed by atoms with Crippen LogP contribution >= 0.6 is 0 Å². The number of halogens is 1. The second-order valence-corrected chi connectivity index (χ2v) is 6.10. The lowest BCUT2D eigenvalue weighted by Gasteiger charge is -2.20. The van der Waals surface area contributed by atoms with Crippen molar-refractivity contribution in [1.82, 2.24) is 4.98 Å². The van der Waals surface area contributed by atoms with Crippen LogP contribution in [0.2, 0.25) is 0 Å². The van der Waals surface area contributed by atoms with Crippen LogP contribution in [0.1, 0.15) is 35.3 Å². The summed E-state index contributed by atoms with van der Waals surface area (Å²) in [6.07, 6.45) is 3.78. The fourth-order valence-electron chi connectivity index (χ4n) is 2.58. The zero-order valence-corrected chi connectivity index (χ0v) is 15.5. The molecule has 0 amide bonds. The number of hydrogen-bond donors (Lipinski definition) is 0. The molecule has 1 aliphatic rings. The molecule has 0 saturated carbocycles. The molecule has 148 valence electrons. The van der Waals surface area contributed by atoms with Crippen LogP contribution in [0.3, 0.4) is 0 Å². The summed E-state index contributed by atoms with van der Waals surface area (Å²) in [6, 6.07) is 8.71. The van der Waals surface area contributed by atoms with E-state index >= 15 is 0 Å². The molecule has 3 rings (SSSR count). The summed E-state index contributed by atoms with van der Waals surface area (Å²) in [5.41, 5.74) is 1.10. The predicted octanol–water partition coefficient (Wildman–Crippen LogP) is 3.33. The maximum Gasteiger partial charge on any atom is 0.337 e. The molecule has 1 fully saturated rings. The van der Waals surface area contributed by atoms with Gasteiger partial charge in [0.2, 0.25) is 6.29 Å². The van der Waals surface area contributed by atoms with Crippen molar-refractivity contribution in [3.8, 4) is 5.75 Å². The number of oxime groups is 1. The first kappa shape index (κ1) is 19.8. The highest BCUT2D eigenvalue weighted by atomic mass is 19.1. The average Bonchev–Trinajstić information content (AvgIpc) is 2.75. The van der Waals surface area contributed by atoms with Crippen molar-refractivity contribution in [2.45, 2.75) is 25.6 Å². The van der Waals surface area contributed by atoms with Crippen molar-refractivity contribution < 1.29 is 28.2 Å². The molecule has 1 saturated heterocycles. The molecular weight excluding hydrogens is 367 g/mol. The third kappa shape index (κ3) is 5.50. The number of nitrogens with zero attached hydrogens (tertiary/aromatic N) is 2. The van der Waals surface area contributed by atoms with E-state index in [0.29, 0.717) is 29.3 Å². The third-order valence-electron chi connectivity index (χ3n) is 4.08. The molecule has 2 aromatic rings. The molecule has 0 N–H and O–H groups in total. The minimum atomic E-state index is -0.487. The molecule has 0 spiro atoms. The van der Waals surface area contributed by atoms with Gasteiger partial charge < -0.3 is 19.0 Å². The number of esters is 1. The molecule has 1 aromatic heterocycles. The quantitative estimate of drug-likeness (QED) is 0.411. The predicted molar refractivity (Wildman–Crippen MR) is 98.7 cm³/mol. The normalized spacial score (nSPS) is 17.1. The van der Waals surface area contributed by atoms with Gasteiger partial charge in [-0.2, -0.15) is 0 Å². The fourth-order valence-corrected chi connectivity index (χ4v) is 2.58. The number of aromatic nitrogens is 1. The number of methoxy groups -OCH3 is 1. The fraction of sp³-hybridized carbons (Fsp3) is 0.350. The lowest BCUT2D eigenvalue weighted by molar-refractivity contribution is -0.162. The first-order chi connectivity index (χ1) is 13.7. The molecular formula is C20H21FN2O5. The molecule has 1 atom stereocenters. The van der Waals surface area contributed by atoms with E-state index in [4.69, 9.17) is 19.0 Å². The van der Waals surface area contributed by atoms with E-state index in [1.807, 2.05) is 0 Å². The Morgan fingerprint density at radius 3 is 2.82 bits per heavy atom. The van der Waals surface area contributed by atoms with Gasteiger partial charge in [0.05, 0.1) is 25.0 Å². The van der Waals surface area contributed by atoms with Gasteiger partial charge in [-0.25, -0.2) is 9.18 Å². The van der Waals surface area contributed by atoms with Gasteiger partial charge in [-0.3, -0.25) is 4.98 Å². The van der Waals surface area contributed by atoms with Gasteiger partial charge in [-0.1, -0.05) is 5.16 Å². The minimum Gasteiger partial charge on any atom is -0.487 e. The summed E-state index contributed by atoms with van der Waals surface area (Å²) in [4.78, 5) is 21.5. The summed E-state index contributed by atoms with van der Waals surface area (Å²) >= 11 is 0. The number of carbonyl (C=O) groups excluding carboxylic acids is 1. The third-order valence-corrected chi connectivity index (χ3v) is 4.08. The Morgan fingerprint density at radius 1 is 1.29 bits per heavy atom. The number of hydrogen-bond acceptors (Lipinski definition) is 7. The van der Waals surface area contributed by atoms with E-state index in [-0.39, 0.29) is 12.4 Å². The van der Waals surface area contributed by atoms with Gasteiger partial charge in [0.15, 0.2) is 0 Å². The number of rotatable bonds is 7. The van der Waals surface area contributed by atoms with Crippen LogP contribution in [0.15, 0.2) is 47.8 Å². The van der Waals surface area contributed by atoms with Crippen molar-refractivity contribution in [3.05, 3.63) is 59.7 Å². The van der Waals surface area contributed by atoms with Crippen LogP contribution < -0.4 is 4.74 Å². The Morgan fingerprint density at radius 2 is 2.11 bits per heavy atom. The molecule has 8 heteroatoms. The summed E-state index contributed by atoms with van der Waals surface area (Å²) in [6.45, 7) is 0.633. The van der Waals surface area contributed by atoms with E-state index in [1.54, 1.807) is 12.1 Å². The molecule has 1 aliphatic heterocycles. The molecule has 0 radical (unpaired) electrons. The SMILES string of the molecule is COC(=O)c1ccnc(/C(COc2ccc(F)cc2)=N/OC2CCCCO2)c1. The van der Waals surface area contributed by atoms with Gasteiger partial charge in [-0.15, -0.1) is 0 Å². The molecule has 0 bridgehead atoms. The van der Waals surface area contributed by atoms with E-state index < -0.39 is 12.3 Å². The van der Waals surface area contributed by atoms with Gasteiger partial charge >= 0.3 is 5.97 Å². The second-order valence-electron chi connectivity index (χ2n) is 6.10. The lowest BCUT2D eigenvalue weighted by Crippen LogP contribution is -2.22. The maximum atomic E-state index is 13.1. The molecule has 7 nitrogen and oxygen atoms in total. The highest BCUT2D eigenvalue weighted by Gasteiger charge is 2.17. The molecule has 2 heterocycles. The van der Waals surface area contributed by atoms with Gasteiger partial charge in [-0.05, 0) is 49.2 Å². The molecule has 1 unspecified atom stereocenters. The monoisotopic (exact) mass is 388 g/mol. The Hall–Kier alpha value is -3.00. The highest BCUT2D eigenvalue weighted by Crippen LogP contribution is 2.16. The summed E-state index contributed by atoms with van der Waals surface area (Å²) in [5.74, 6) is -0.377. The van der Waals surface area contributed by atoms with E-state index in [1.165, 1.54) is 37.6 Å². The smallest absolute Gasteiger partial charge is 0.337 e. The number of pyridine rings is 1. The van der Waals surface area contributed by atoms with E-state index in [9.17, 15) is 9.18 Å². The standard InChI is InChI=1S/C20H21FN2O5/c1-25-20(24)14-9-10-22-17(12-14)18(23-28-19-4-2-3-11-26-19)13-27-16-7-5-15(21)6-8-16/h5-10,12,19H,2-4,11,13H2,1H3/b23-18+. The van der Waals surface area contributed by atoms with E-state index in [0.717, 1.165) is 19.3 Å². The highest BCUT2D eigenvalue weighted by molar-refractivity contribution is 6.01. The number of ether oxygens (including phenoxy) is 3. The van der Waals surface area contributed by atoms with Crippen molar-refractivity contribution in [2.24, 2.45) is 5.16 Å². The van der Waals surface area contributed by atoms with Crippen molar-refractivity contribution >= 4 is 11.7 Å². The first-order valence-electron chi connectivity index (χ1n) is 8.93. The summed E-state index contributed by atoms with van der Waals surface area (Å²) < 4.78 is 29.0. The number of carbonyl (C=O) groups is 1. The van der Waals surface area contributed by atoms with Crippen molar-refractivity contribution in [2.75, 3.05) is 20.3 Å². The number of benzene rings is 1. The average molecular weight is 388 g/mol. The maximum absolute atomic E-state index is 13.1. The molecule has 0 aliphatic carbocycles. The van der Waals surface area contributed by atoms with E-state index in [2.05, 4.69) is 10.1 Å². The van der Waals surface area contributed by atoms with Gasteiger partial charge in [0, 0.05) is 12.6 Å². The minimum absolute atomic E-state index is 0.00990. The topological polar surface area (TPSA) is 79.2 Å². The second kappa shape index (κ2) is 9.80. The van der Waals surface area contributed by atoms with Crippen LogP contribution in [0.25, 0.3) is 0 Å². The van der Waals surface area contributed by atoms with Crippen LogP contribution in [0.5, 0.6) is 5.75 Å². The molecule has 28 heavy (non-hydrogen) atoms. The summed E-state index contributed by atoms with van der Waals surface area (Å²) in [7, 11) is 1.30. The van der Waals surface area contributed by atoms with Crippen molar-refractivity contribution in [3.63, 3.8) is 0 Å². The zero-order chi connectivity index (χ0) is 19.8. The zero-order valence-electron chi connectivity index (χ0n) is 15.5. The van der Waals surface area contributed by atoms with Crippen LogP contribution in [0.4, 0.5) is 4.39 Å². The Balaban J connectivity index is 1.78. The van der Waals surface area contributed by atoms with Gasteiger partial charge in [0.25, 0.3) is 0 Å². The first-order valence-corrected chi connectivity index (χ1v) is 8.93. The largest absolute Gasteiger partial charge is 0.487 e.